The largest absolute Gasteiger partial charge is 0.436 e. The molecule has 2 unspecified atom stereocenters. The standard InChI is InChI=1S/C19H16F9N5O2/c20-13-9(1-3-29-14(13)19(26,27)28)7-32-16(35)33-11(15(34)31-4-2-17(21,22)8-31)5-10(18(23,24)25)6-12(33)30-32/h1,3,10-11H,2,4-8H2. The van der Waals surface area contributed by atoms with Gasteiger partial charge in [0.1, 0.15) is 11.9 Å². The van der Waals surface area contributed by atoms with Crippen molar-refractivity contribution in [2.24, 2.45) is 5.92 Å². The van der Waals surface area contributed by atoms with Gasteiger partial charge in [0.05, 0.1) is 19.0 Å². The second-order valence-corrected chi connectivity index (χ2v) is 8.42. The number of carbonyl (C=O) groups is 1. The number of hydrogen-bond acceptors (Lipinski definition) is 4. The maximum absolute atomic E-state index is 14.4. The second kappa shape index (κ2) is 8.26. The first-order valence-corrected chi connectivity index (χ1v) is 10.2. The number of rotatable bonds is 3. The molecule has 0 radical (unpaired) electrons. The van der Waals surface area contributed by atoms with E-state index in [0.29, 0.717) is 20.3 Å². The van der Waals surface area contributed by atoms with Gasteiger partial charge in [0, 0.05) is 31.1 Å². The fourth-order valence-corrected chi connectivity index (χ4v) is 4.26. The van der Waals surface area contributed by atoms with Gasteiger partial charge >= 0.3 is 18.0 Å². The molecule has 1 saturated heterocycles. The average molecular weight is 517 g/mol. The van der Waals surface area contributed by atoms with Crippen molar-refractivity contribution < 1.29 is 44.3 Å². The van der Waals surface area contributed by atoms with E-state index in [1.165, 1.54) is 0 Å². The Bertz CT molecular complexity index is 1200. The van der Waals surface area contributed by atoms with Crippen LogP contribution in [0.1, 0.15) is 36.0 Å². The van der Waals surface area contributed by atoms with Crippen LogP contribution in [0.2, 0.25) is 0 Å². The number of carbonyl (C=O) groups excluding carboxylic acids is 1. The molecule has 1 fully saturated rings. The van der Waals surface area contributed by atoms with Gasteiger partial charge < -0.3 is 4.90 Å². The molecule has 0 saturated carbocycles. The van der Waals surface area contributed by atoms with Crippen LogP contribution >= 0.6 is 0 Å². The molecule has 35 heavy (non-hydrogen) atoms. The summed E-state index contributed by atoms with van der Waals surface area (Å²) in [6, 6.07) is -0.975. The summed E-state index contributed by atoms with van der Waals surface area (Å²) >= 11 is 0. The zero-order chi connectivity index (χ0) is 25.9. The van der Waals surface area contributed by atoms with Crippen molar-refractivity contribution in [1.29, 1.82) is 0 Å². The number of alkyl halides is 8. The number of pyridine rings is 1. The topological polar surface area (TPSA) is 73.0 Å². The lowest BCUT2D eigenvalue weighted by molar-refractivity contribution is -0.183. The third-order valence-corrected chi connectivity index (χ3v) is 5.98. The van der Waals surface area contributed by atoms with Gasteiger partial charge in [-0.25, -0.2) is 27.6 Å². The predicted octanol–water partition coefficient (Wildman–Crippen LogP) is 3.18. The Hall–Kier alpha value is -3.07. The molecule has 16 heteroatoms. The van der Waals surface area contributed by atoms with Gasteiger partial charge in [-0.1, -0.05) is 0 Å². The number of fused-ring (bicyclic) bond motifs is 1. The summed E-state index contributed by atoms with van der Waals surface area (Å²) in [5.41, 5.74) is -3.71. The van der Waals surface area contributed by atoms with Gasteiger partial charge in [-0.3, -0.25) is 9.36 Å². The van der Waals surface area contributed by atoms with Crippen molar-refractivity contribution in [3.8, 4) is 0 Å². The maximum Gasteiger partial charge on any atom is 0.436 e. The van der Waals surface area contributed by atoms with Crippen LogP contribution in [0.25, 0.3) is 0 Å². The van der Waals surface area contributed by atoms with Crippen LogP contribution in [0.15, 0.2) is 17.1 Å². The summed E-state index contributed by atoms with van der Waals surface area (Å²) in [6.07, 6.45) is -11.8. The Morgan fingerprint density at radius 1 is 1.17 bits per heavy atom. The van der Waals surface area contributed by atoms with Crippen LogP contribution in [0.4, 0.5) is 39.5 Å². The van der Waals surface area contributed by atoms with E-state index in [1.54, 1.807) is 0 Å². The van der Waals surface area contributed by atoms with E-state index in [9.17, 15) is 49.1 Å². The van der Waals surface area contributed by atoms with Crippen LogP contribution < -0.4 is 5.69 Å². The van der Waals surface area contributed by atoms with E-state index in [1.807, 2.05) is 0 Å². The van der Waals surface area contributed by atoms with Gasteiger partial charge in [-0.05, 0) is 12.5 Å². The van der Waals surface area contributed by atoms with Gasteiger partial charge in [0.15, 0.2) is 11.5 Å². The van der Waals surface area contributed by atoms with E-state index >= 15 is 0 Å². The van der Waals surface area contributed by atoms with E-state index in [2.05, 4.69) is 10.1 Å². The fraction of sp³-hybridized carbons (Fsp3) is 0.579. The molecule has 0 aromatic carbocycles. The highest BCUT2D eigenvalue weighted by Crippen LogP contribution is 2.40. The molecule has 4 heterocycles. The third kappa shape index (κ3) is 4.74. The lowest BCUT2D eigenvalue weighted by Crippen LogP contribution is -2.46. The van der Waals surface area contributed by atoms with E-state index in [4.69, 9.17) is 0 Å². The Balaban J connectivity index is 1.73. The summed E-state index contributed by atoms with van der Waals surface area (Å²) in [5.74, 6) is -8.80. The molecule has 0 spiro atoms. The van der Waals surface area contributed by atoms with Crippen molar-refractivity contribution in [1.82, 2.24) is 24.2 Å². The van der Waals surface area contributed by atoms with Crippen molar-refractivity contribution in [3.63, 3.8) is 0 Å². The minimum absolute atomic E-state index is 0.431. The van der Waals surface area contributed by atoms with E-state index < -0.39 is 104 Å². The molecule has 2 aliphatic heterocycles. The fourth-order valence-electron chi connectivity index (χ4n) is 4.26. The molecular weight excluding hydrogens is 501 g/mol. The summed E-state index contributed by atoms with van der Waals surface area (Å²) in [5, 5.41) is 3.71. The first kappa shape index (κ1) is 25.0. The molecule has 2 aromatic heterocycles. The van der Waals surface area contributed by atoms with Gasteiger partial charge in [-0.2, -0.15) is 31.4 Å². The Labute approximate surface area is 190 Å². The van der Waals surface area contributed by atoms with E-state index in [-0.39, 0.29) is 0 Å². The minimum atomic E-state index is -5.15. The first-order valence-electron chi connectivity index (χ1n) is 10.2. The molecule has 2 aromatic rings. The number of amides is 1. The van der Waals surface area contributed by atoms with Crippen LogP contribution in [-0.2, 0) is 23.9 Å². The average Bonchev–Trinajstić information content (AvgIpc) is 3.26. The highest BCUT2D eigenvalue weighted by atomic mass is 19.4. The normalized spacial score (nSPS) is 22.4. The van der Waals surface area contributed by atoms with E-state index in [0.717, 1.165) is 6.07 Å². The highest BCUT2D eigenvalue weighted by Gasteiger charge is 2.50. The summed E-state index contributed by atoms with van der Waals surface area (Å²) < 4.78 is 122. The van der Waals surface area contributed by atoms with Crippen molar-refractivity contribution in [2.75, 3.05) is 13.1 Å². The lowest BCUT2D eigenvalue weighted by atomic mass is 9.91. The van der Waals surface area contributed by atoms with Gasteiger partial charge in [0.2, 0.25) is 5.91 Å². The molecule has 1 amide bonds. The Morgan fingerprint density at radius 2 is 1.86 bits per heavy atom. The van der Waals surface area contributed by atoms with Crippen molar-refractivity contribution >= 4 is 5.91 Å². The second-order valence-electron chi connectivity index (χ2n) is 8.42. The monoisotopic (exact) mass is 517 g/mol. The number of aromatic nitrogens is 4. The molecule has 0 N–H and O–H groups in total. The minimum Gasteiger partial charge on any atom is -0.335 e. The SMILES string of the molecule is O=C(C1CC(C(F)(F)F)Cc2nn(Cc3ccnc(C(F)(F)F)c3F)c(=O)n21)N1CCC(F)(F)C1. The quantitative estimate of drug-likeness (QED) is 0.587. The summed E-state index contributed by atoms with van der Waals surface area (Å²) in [6.45, 7) is -2.35. The molecule has 2 atom stereocenters. The molecule has 192 valence electrons. The number of hydrogen-bond donors (Lipinski definition) is 0. The molecule has 7 nitrogen and oxygen atoms in total. The Morgan fingerprint density at radius 3 is 2.43 bits per heavy atom. The predicted molar refractivity (Wildman–Crippen MR) is 97.8 cm³/mol. The number of halogens is 9. The zero-order valence-electron chi connectivity index (χ0n) is 17.5. The molecule has 4 rings (SSSR count). The maximum atomic E-state index is 14.4. The highest BCUT2D eigenvalue weighted by molar-refractivity contribution is 5.81. The van der Waals surface area contributed by atoms with Crippen LogP contribution in [-0.4, -0.2) is 55.3 Å². The number of nitrogens with zero attached hydrogens (tertiary/aromatic N) is 5. The lowest BCUT2D eigenvalue weighted by Gasteiger charge is -2.32. The Kier molecular flexibility index (Phi) is 5.91. The first-order chi connectivity index (χ1) is 16.1. The van der Waals surface area contributed by atoms with Crippen LogP contribution in [0.5, 0.6) is 0 Å². The number of likely N-dealkylation sites (tertiary alicyclic amines) is 1. The van der Waals surface area contributed by atoms with Gasteiger partial charge in [0.25, 0.3) is 5.92 Å². The van der Waals surface area contributed by atoms with Crippen LogP contribution in [0, 0.1) is 11.7 Å². The molecule has 2 aliphatic rings. The molecule has 0 aliphatic carbocycles. The smallest absolute Gasteiger partial charge is 0.335 e. The summed E-state index contributed by atoms with van der Waals surface area (Å²) in [4.78, 5) is 29.4. The third-order valence-electron chi connectivity index (χ3n) is 5.98. The van der Waals surface area contributed by atoms with Gasteiger partial charge in [-0.15, -0.1) is 0 Å². The molecule has 0 bridgehead atoms. The molecular formula is C19H16F9N5O2. The van der Waals surface area contributed by atoms with Crippen molar-refractivity contribution in [2.45, 2.75) is 50.1 Å². The van der Waals surface area contributed by atoms with Crippen LogP contribution in [0.3, 0.4) is 0 Å². The summed E-state index contributed by atoms with van der Waals surface area (Å²) in [7, 11) is 0. The zero-order valence-corrected chi connectivity index (χ0v) is 17.5. The van der Waals surface area contributed by atoms with Crippen molar-refractivity contribution in [3.05, 3.63) is 45.6 Å².